The van der Waals surface area contributed by atoms with E-state index in [1.807, 2.05) is 68.1 Å². The van der Waals surface area contributed by atoms with Crippen molar-refractivity contribution in [1.29, 1.82) is 0 Å². The first-order chi connectivity index (χ1) is 25.9. The van der Waals surface area contributed by atoms with E-state index in [2.05, 4.69) is 39.4 Å². The Labute approximate surface area is 314 Å². The first-order valence-corrected chi connectivity index (χ1v) is 18.6. The van der Waals surface area contributed by atoms with Crippen molar-refractivity contribution in [2.45, 2.75) is 45.6 Å². The summed E-state index contributed by atoms with van der Waals surface area (Å²) in [6.07, 6.45) is 2.81. The van der Waals surface area contributed by atoms with Crippen LogP contribution in [0.15, 0.2) is 85.2 Å². The van der Waals surface area contributed by atoms with Gasteiger partial charge in [-0.15, -0.1) is 0 Å². The molecule has 7 rings (SSSR count). The summed E-state index contributed by atoms with van der Waals surface area (Å²) >= 11 is 0. The number of carbonyl (C=O) groups excluding carboxylic acids is 2. The van der Waals surface area contributed by atoms with E-state index in [1.165, 1.54) is 14.7 Å². The number of fused-ring (bicyclic) bond motifs is 2. The van der Waals surface area contributed by atoms with Crippen LogP contribution in [0.4, 0.5) is 21.0 Å². The monoisotopic (exact) mass is 741 g/mol. The third kappa shape index (κ3) is 9.28. The number of rotatable bonds is 7. The molecule has 14 nitrogen and oxygen atoms in total. The van der Waals surface area contributed by atoms with Crippen molar-refractivity contribution >= 4 is 45.7 Å². The predicted molar refractivity (Wildman–Crippen MR) is 209 cm³/mol. The number of benzene rings is 3. The molecule has 0 aliphatic carbocycles. The highest BCUT2D eigenvalue weighted by Crippen LogP contribution is 2.24. The van der Waals surface area contributed by atoms with Crippen molar-refractivity contribution in [1.82, 2.24) is 24.3 Å². The third-order valence-electron chi connectivity index (χ3n) is 9.79. The second-order valence-electron chi connectivity index (χ2n) is 14.8. The van der Waals surface area contributed by atoms with E-state index in [4.69, 9.17) is 13.6 Å². The van der Waals surface area contributed by atoms with Crippen LogP contribution in [0.1, 0.15) is 39.2 Å². The van der Waals surface area contributed by atoms with Gasteiger partial charge in [-0.1, -0.05) is 30.3 Å². The van der Waals surface area contributed by atoms with Gasteiger partial charge in [-0.25, -0.2) is 19.2 Å². The Bertz CT molecular complexity index is 2160. The summed E-state index contributed by atoms with van der Waals surface area (Å²) in [6, 6.07) is 22.0. The lowest BCUT2D eigenvalue weighted by Gasteiger charge is -2.36. The molecule has 0 bridgehead atoms. The highest BCUT2D eigenvalue weighted by Gasteiger charge is 2.26. The Morgan fingerprint density at radius 3 is 1.69 bits per heavy atom. The van der Waals surface area contributed by atoms with Crippen molar-refractivity contribution in [2.24, 2.45) is 14.1 Å². The van der Waals surface area contributed by atoms with Gasteiger partial charge < -0.3 is 38.5 Å². The summed E-state index contributed by atoms with van der Waals surface area (Å²) in [7, 11) is 3.39. The maximum Gasteiger partial charge on any atom is 0.419 e. The van der Waals surface area contributed by atoms with E-state index >= 15 is 0 Å². The van der Waals surface area contributed by atoms with Crippen molar-refractivity contribution < 1.29 is 23.2 Å². The number of ether oxygens (including phenoxy) is 1. The number of nitrogens with one attached hydrogen (secondary N) is 1. The number of oxazole rings is 2. The molecule has 2 aliphatic rings. The number of urea groups is 1. The SMILES string of the molecule is Cn1c(=O)oc2cc(N3CCN(C(=O)NCCCCc4ccccc4)CC3)ccc21.Cn1c(=O)oc2cc(N3CCN(C(=O)OC(C)(C)C)CC3)ccc21. The second kappa shape index (κ2) is 16.6. The van der Waals surface area contributed by atoms with Crippen molar-refractivity contribution in [3.63, 3.8) is 0 Å². The van der Waals surface area contributed by atoms with Gasteiger partial charge in [0.05, 0.1) is 11.0 Å². The molecule has 2 aromatic heterocycles. The van der Waals surface area contributed by atoms with Crippen molar-refractivity contribution in [3.05, 3.63) is 93.4 Å². The van der Waals surface area contributed by atoms with Crippen molar-refractivity contribution in [3.8, 4) is 0 Å². The largest absolute Gasteiger partial charge is 0.444 e. The fraction of sp³-hybridized carbons (Fsp3) is 0.450. The van der Waals surface area contributed by atoms with Crippen LogP contribution in [0.25, 0.3) is 22.2 Å². The first-order valence-electron chi connectivity index (χ1n) is 18.6. The maximum absolute atomic E-state index is 12.4. The normalized spacial score (nSPS) is 15.0. The van der Waals surface area contributed by atoms with Gasteiger partial charge in [0.25, 0.3) is 0 Å². The van der Waals surface area contributed by atoms with E-state index in [0.717, 1.165) is 54.8 Å². The van der Waals surface area contributed by atoms with Crippen LogP contribution >= 0.6 is 0 Å². The zero-order valence-corrected chi connectivity index (χ0v) is 31.9. The Morgan fingerprint density at radius 1 is 0.685 bits per heavy atom. The number of piperazine rings is 2. The van der Waals surface area contributed by atoms with Gasteiger partial charge in [0.1, 0.15) is 5.60 Å². The fourth-order valence-electron chi connectivity index (χ4n) is 6.69. The Morgan fingerprint density at radius 2 is 1.19 bits per heavy atom. The number of unbranched alkanes of at least 4 members (excludes halogenated alkanes) is 1. The van der Waals surface area contributed by atoms with Gasteiger partial charge in [-0.05, 0) is 69.9 Å². The molecule has 5 aromatic rings. The van der Waals surface area contributed by atoms with E-state index < -0.39 is 5.60 Å². The molecule has 2 aliphatic heterocycles. The number of nitrogens with zero attached hydrogens (tertiary/aromatic N) is 6. The quantitative estimate of drug-likeness (QED) is 0.224. The molecular formula is C40H51N7O7. The van der Waals surface area contributed by atoms with Crippen LogP contribution in [-0.4, -0.2) is 95.6 Å². The van der Waals surface area contributed by atoms with Crippen LogP contribution in [0.3, 0.4) is 0 Å². The lowest BCUT2D eigenvalue weighted by molar-refractivity contribution is 0.0240. The maximum atomic E-state index is 12.4. The molecule has 2 saturated heterocycles. The molecule has 54 heavy (non-hydrogen) atoms. The number of carbonyl (C=O) groups is 2. The first kappa shape index (κ1) is 38.1. The third-order valence-corrected chi connectivity index (χ3v) is 9.79. The molecule has 288 valence electrons. The standard InChI is InChI=1S/C23H28N4O3.C17H23N3O4/c1-25-20-11-10-19(17-21(20)30-23(25)29)26-13-15-27(16-14-26)22(28)24-12-6-5-9-18-7-3-2-4-8-18;1-17(2,3)24-16(22)20-9-7-19(8-10-20)12-5-6-13-14(11-12)23-15(21)18(13)4/h2-4,7-8,10-11,17H,5-6,9,12-16H2,1H3,(H,24,28);5-6,11H,7-10H2,1-4H3. The van der Waals surface area contributed by atoms with Gasteiger partial charge >= 0.3 is 23.6 Å². The summed E-state index contributed by atoms with van der Waals surface area (Å²) in [6.45, 7) is 11.8. The molecule has 0 atom stereocenters. The predicted octanol–water partition coefficient (Wildman–Crippen LogP) is 5.17. The molecule has 2 fully saturated rings. The van der Waals surface area contributed by atoms with Crippen molar-refractivity contribution in [2.75, 3.05) is 68.7 Å². The minimum atomic E-state index is -0.482. The van der Waals surface area contributed by atoms with E-state index in [-0.39, 0.29) is 23.6 Å². The fourth-order valence-corrected chi connectivity index (χ4v) is 6.69. The molecular weight excluding hydrogens is 690 g/mol. The average Bonchev–Trinajstić information content (AvgIpc) is 3.62. The van der Waals surface area contributed by atoms with Gasteiger partial charge in [-0.2, -0.15) is 0 Å². The number of aromatic nitrogens is 2. The molecule has 1 N–H and O–H groups in total. The Hall–Kier alpha value is -5.66. The number of amides is 3. The highest BCUT2D eigenvalue weighted by molar-refractivity contribution is 5.79. The average molecular weight is 742 g/mol. The Kier molecular flexibility index (Phi) is 11.7. The lowest BCUT2D eigenvalue weighted by atomic mass is 10.1. The molecule has 14 heteroatoms. The van der Waals surface area contributed by atoms with Crippen LogP contribution in [-0.2, 0) is 25.3 Å². The van der Waals surface area contributed by atoms with Gasteiger partial charge in [-0.3, -0.25) is 9.13 Å². The van der Waals surface area contributed by atoms with E-state index in [0.29, 0.717) is 57.0 Å². The smallest absolute Gasteiger partial charge is 0.419 e. The molecule has 4 heterocycles. The molecule has 3 amide bonds. The number of hydrogen-bond acceptors (Lipinski definition) is 9. The van der Waals surface area contributed by atoms with Crippen LogP contribution in [0, 0.1) is 0 Å². The summed E-state index contributed by atoms with van der Waals surface area (Å²) in [4.78, 5) is 55.8. The minimum Gasteiger partial charge on any atom is -0.444 e. The molecule has 0 unspecified atom stereocenters. The number of anilines is 2. The van der Waals surface area contributed by atoms with E-state index in [9.17, 15) is 19.2 Å². The zero-order valence-electron chi connectivity index (χ0n) is 31.9. The summed E-state index contributed by atoms with van der Waals surface area (Å²) < 4.78 is 18.9. The summed E-state index contributed by atoms with van der Waals surface area (Å²) in [5, 5.41) is 3.04. The topological polar surface area (TPSA) is 139 Å². The van der Waals surface area contributed by atoms with Crippen LogP contribution < -0.4 is 26.6 Å². The zero-order chi connectivity index (χ0) is 38.4. The van der Waals surface area contributed by atoms with E-state index in [1.54, 1.807) is 19.0 Å². The Balaban J connectivity index is 0.000000189. The highest BCUT2D eigenvalue weighted by atomic mass is 16.6. The minimum absolute atomic E-state index is 0.0128. The molecule has 0 spiro atoms. The second-order valence-corrected chi connectivity index (χ2v) is 14.8. The molecule has 0 saturated carbocycles. The van der Waals surface area contributed by atoms with Gasteiger partial charge in [0, 0.05) is 96.5 Å². The van der Waals surface area contributed by atoms with Gasteiger partial charge in [0.15, 0.2) is 11.2 Å². The summed E-state index contributed by atoms with van der Waals surface area (Å²) in [5.41, 5.74) is 5.59. The molecule has 3 aromatic carbocycles. The van der Waals surface area contributed by atoms with Gasteiger partial charge in [0.2, 0.25) is 0 Å². The molecule has 0 radical (unpaired) electrons. The number of hydrogen-bond donors (Lipinski definition) is 1. The van der Waals surface area contributed by atoms with Crippen LogP contribution in [0.5, 0.6) is 0 Å². The number of aryl methyl sites for hydroxylation is 3. The lowest BCUT2D eigenvalue weighted by Crippen LogP contribution is -2.52. The summed E-state index contributed by atoms with van der Waals surface area (Å²) in [5.74, 6) is -0.718. The van der Waals surface area contributed by atoms with Crippen LogP contribution in [0.2, 0.25) is 0 Å².